The number of rotatable bonds is 1. The van der Waals surface area contributed by atoms with Crippen LogP contribution in [0.25, 0.3) is 16.6 Å². The molecular formula is C16H18N4O. The molecule has 21 heavy (non-hydrogen) atoms. The summed E-state index contributed by atoms with van der Waals surface area (Å²) in [7, 11) is 0. The van der Waals surface area contributed by atoms with E-state index < -0.39 is 0 Å². The number of hydrogen-bond acceptors (Lipinski definition) is 3. The monoisotopic (exact) mass is 282 g/mol. The van der Waals surface area contributed by atoms with E-state index in [1.807, 2.05) is 16.5 Å². The molecule has 2 aromatic heterocycles. The highest BCUT2D eigenvalue weighted by Crippen LogP contribution is 2.32. The molecule has 0 atom stereocenters. The van der Waals surface area contributed by atoms with Crippen molar-refractivity contribution in [2.24, 2.45) is 0 Å². The summed E-state index contributed by atoms with van der Waals surface area (Å²) in [5.41, 5.74) is 8.72. The van der Waals surface area contributed by atoms with Crippen molar-refractivity contribution >= 4 is 22.2 Å². The van der Waals surface area contributed by atoms with Crippen LogP contribution in [0.4, 0.5) is 5.69 Å². The molecule has 3 N–H and O–H groups in total. The van der Waals surface area contributed by atoms with Gasteiger partial charge in [0.05, 0.1) is 17.2 Å². The van der Waals surface area contributed by atoms with E-state index in [0.717, 1.165) is 29.7 Å². The molecule has 0 bridgehead atoms. The fourth-order valence-corrected chi connectivity index (χ4v) is 3.46. The topological polar surface area (TPSA) is 76.2 Å². The summed E-state index contributed by atoms with van der Waals surface area (Å²) in [6.45, 7) is 0. The fourth-order valence-electron chi connectivity index (χ4n) is 3.46. The van der Waals surface area contributed by atoms with Crippen molar-refractivity contribution in [1.82, 2.24) is 14.4 Å². The van der Waals surface area contributed by atoms with Crippen LogP contribution in [0.2, 0.25) is 0 Å². The third-order valence-electron chi connectivity index (χ3n) is 4.50. The maximum atomic E-state index is 12.2. The van der Waals surface area contributed by atoms with E-state index in [9.17, 15) is 4.79 Å². The molecule has 3 aromatic rings. The Balaban J connectivity index is 2.04. The number of hydrogen-bond donors (Lipinski definition) is 2. The average molecular weight is 282 g/mol. The first kappa shape index (κ1) is 12.4. The zero-order valence-electron chi connectivity index (χ0n) is 11.8. The Morgan fingerprint density at radius 3 is 2.81 bits per heavy atom. The van der Waals surface area contributed by atoms with E-state index in [2.05, 4.69) is 9.97 Å². The standard InChI is InChI=1S/C16H18N4O/c17-11-6-7-13-12(8-11)19-16(21)14-9-18-15(20(13)14)10-4-2-1-3-5-10/h6-10H,1-5,17H2,(H,19,21). The van der Waals surface area contributed by atoms with E-state index in [4.69, 9.17) is 5.73 Å². The summed E-state index contributed by atoms with van der Waals surface area (Å²) in [6, 6.07) is 5.63. The summed E-state index contributed by atoms with van der Waals surface area (Å²) in [4.78, 5) is 19.7. The Morgan fingerprint density at radius 1 is 1.19 bits per heavy atom. The molecule has 1 aromatic carbocycles. The molecule has 0 amide bonds. The molecule has 1 fully saturated rings. The smallest absolute Gasteiger partial charge is 0.274 e. The van der Waals surface area contributed by atoms with Gasteiger partial charge in [0.15, 0.2) is 0 Å². The van der Waals surface area contributed by atoms with Gasteiger partial charge < -0.3 is 10.7 Å². The van der Waals surface area contributed by atoms with Gasteiger partial charge in [-0.25, -0.2) is 4.98 Å². The van der Waals surface area contributed by atoms with Gasteiger partial charge in [0.1, 0.15) is 11.3 Å². The maximum Gasteiger partial charge on any atom is 0.274 e. The molecule has 5 nitrogen and oxygen atoms in total. The molecule has 0 aliphatic heterocycles. The Hall–Kier alpha value is -2.30. The van der Waals surface area contributed by atoms with Gasteiger partial charge in [-0.1, -0.05) is 19.3 Å². The summed E-state index contributed by atoms with van der Waals surface area (Å²) >= 11 is 0. The highest BCUT2D eigenvalue weighted by molar-refractivity contribution is 5.81. The minimum Gasteiger partial charge on any atom is -0.399 e. The third kappa shape index (κ3) is 1.92. The third-order valence-corrected chi connectivity index (χ3v) is 4.50. The van der Waals surface area contributed by atoms with Crippen molar-refractivity contribution in [3.05, 3.63) is 40.6 Å². The van der Waals surface area contributed by atoms with Crippen molar-refractivity contribution < 1.29 is 0 Å². The molecule has 1 aliphatic carbocycles. The first-order valence-electron chi connectivity index (χ1n) is 7.53. The van der Waals surface area contributed by atoms with Gasteiger partial charge in [-0.2, -0.15) is 0 Å². The van der Waals surface area contributed by atoms with Gasteiger partial charge in [-0.05, 0) is 31.0 Å². The highest BCUT2D eigenvalue weighted by Gasteiger charge is 2.21. The summed E-state index contributed by atoms with van der Waals surface area (Å²) < 4.78 is 2.02. The van der Waals surface area contributed by atoms with Gasteiger partial charge in [0, 0.05) is 11.6 Å². The summed E-state index contributed by atoms with van der Waals surface area (Å²) in [6.07, 6.45) is 7.79. The maximum absolute atomic E-state index is 12.2. The van der Waals surface area contributed by atoms with Crippen LogP contribution < -0.4 is 11.3 Å². The average Bonchev–Trinajstić information content (AvgIpc) is 2.93. The molecule has 0 spiro atoms. The molecule has 1 saturated carbocycles. The van der Waals surface area contributed by atoms with Crippen LogP contribution in [-0.4, -0.2) is 14.4 Å². The number of nitrogens with zero attached hydrogens (tertiary/aromatic N) is 2. The number of benzene rings is 1. The number of fused-ring (bicyclic) bond motifs is 3. The van der Waals surface area contributed by atoms with Crippen molar-refractivity contribution in [1.29, 1.82) is 0 Å². The highest BCUT2D eigenvalue weighted by atomic mass is 16.1. The molecule has 5 heteroatoms. The summed E-state index contributed by atoms with van der Waals surface area (Å²) in [5.74, 6) is 1.47. The van der Waals surface area contributed by atoms with Gasteiger partial charge in [0.2, 0.25) is 0 Å². The number of aromatic nitrogens is 3. The second-order valence-electron chi connectivity index (χ2n) is 5.90. The van der Waals surface area contributed by atoms with Crippen LogP contribution in [0.15, 0.2) is 29.2 Å². The Labute approximate surface area is 121 Å². The molecule has 1 aliphatic rings. The second-order valence-corrected chi connectivity index (χ2v) is 5.90. The zero-order chi connectivity index (χ0) is 14.4. The molecule has 4 rings (SSSR count). The van der Waals surface area contributed by atoms with Crippen molar-refractivity contribution in [2.45, 2.75) is 38.0 Å². The van der Waals surface area contributed by atoms with Crippen molar-refractivity contribution in [3.8, 4) is 0 Å². The quantitative estimate of drug-likeness (QED) is 0.674. The predicted molar refractivity (Wildman–Crippen MR) is 83.6 cm³/mol. The number of aromatic amines is 1. The number of nitrogens with two attached hydrogens (primary N) is 1. The van der Waals surface area contributed by atoms with Gasteiger partial charge in [-0.15, -0.1) is 0 Å². The summed E-state index contributed by atoms with van der Waals surface area (Å²) in [5, 5.41) is 0. The SMILES string of the molecule is Nc1ccc2c(c1)[nH]c(=O)c1cnc(C3CCCCC3)n12. The number of nitrogen functional groups attached to an aromatic ring is 1. The van der Waals surface area contributed by atoms with E-state index >= 15 is 0 Å². The lowest BCUT2D eigenvalue weighted by atomic mass is 9.89. The number of H-pyrrole nitrogens is 1. The number of anilines is 1. The molecule has 0 saturated heterocycles. The normalized spacial score (nSPS) is 16.8. The van der Waals surface area contributed by atoms with E-state index in [0.29, 0.717) is 17.1 Å². The second kappa shape index (κ2) is 4.62. The van der Waals surface area contributed by atoms with Crippen LogP contribution in [0.1, 0.15) is 43.8 Å². The lowest BCUT2D eigenvalue weighted by molar-refractivity contribution is 0.428. The Bertz CT molecular complexity index is 871. The first-order valence-corrected chi connectivity index (χ1v) is 7.53. The van der Waals surface area contributed by atoms with Crippen LogP contribution in [0.3, 0.4) is 0 Å². The van der Waals surface area contributed by atoms with Gasteiger partial charge in [0.25, 0.3) is 5.56 Å². The van der Waals surface area contributed by atoms with Crippen LogP contribution in [0.5, 0.6) is 0 Å². The predicted octanol–water partition coefficient (Wildman–Crippen LogP) is 2.81. The zero-order valence-corrected chi connectivity index (χ0v) is 11.8. The molecule has 108 valence electrons. The fraction of sp³-hybridized carbons (Fsp3) is 0.375. The van der Waals surface area contributed by atoms with E-state index in [1.54, 1.807) is 12.3 Å². The Morgan fingerprint density at radius 2 is 2.00 bits per heavy atom. The number of nitrogens with one attached hydrogen (secondary N) is 1. The van der Waals surface area contributed by atoms with Crippen molar-refractivity contribution in [2.75, 3.05) is 5.73 Å². The molecular weight excluding hydrogens is 264 g/mol. The van der Waals surface area contributed by atoms with Crippen LogP contribution in [0, 0.1) is 0 Å². The van der Waals surface area contributed by atoms with Gasteiger partial charge in [-0.3, -0.25) is 9.20 Å². The van der Waals surface area contributed by atoms with Gasteiger partial charge >= 0.3 is 0 Å². The lowest BCUT2D eigenvalue weighted by Crippen LogP contribution is -2.14. The van der Waals surface area contributed by atoms with Crippen molar-refractivity contribution in [3.63, 3.8) is 0 Å². The minimum absolute atomic E-state index is 0.109. The minimum atomic E-state index is -0.109. The molecule has 2 heterocycles. The number of imidazole rings is 1. The van der Waals surface area contributed by atoms with Crippen LogP contribution in [-0.2, 0) is 0 Å². The Kier molecular flexibility index (Phi) is 2.74. The lowest BCUT2D eigenvalue weighted by Gasteiger charge is -2.21. The first-order chi connectivity index (χ1) is 10.2. The molecule has 0 unspecified atom stereocenters. The molecule has 0 radical (unpaired) electrons. The largest absolute Gasteiger partial charge is 0.399 e. The van der Waals surface area contributed by atoms with E-state index in [1.165, 1.54) is 19.3 Å². The van der Waals surface area contributed by atoms with E-state index in [-0.39, 0.29) is 5.56 Å². The van der Waals surface area contributed by atoms with Crippen LogP contribution >= 0.6 is 0 Å².